The Kier molecular flexibility index (Phi) is 7.72. The van der Waals surface area contributed by atoms with Gasteiger partial charge in [0.1, 0.15) is 5.75 Å². The number of methoxy groups -OCH3 is 1. The maximum Gasteiger partial charge on any atom is 0.339 e. The molecular formula is C27H27N3O4S. The molecule has 0 saturated carbocycles. The van der Waals surface area contributed by atoms with Crippen molar-refractivity contribution in [1.29, 1.82) is 0 Å². The molecule has 0 saturated heterocycles. The standard InChI is InChI=1S/C27H27N3O4S/c1-4-8-21-19(5-2)25(20-9-6-7-10-22(20)28-21)26(32)34-15-24(31)30-27-29-23(16-35-27)17-11-13-18(33-3)14-12-17/h6-7,9-14,16H,4-5,8,15H2,1-3H3,(H,29,30,31). The quantitative estimate of drug-likeness (QED) is 0.304. The Bertz CT molecular complexity index is 1350. The molecule has 0 fully saturated rings. The Morgan fingerprint density at radius 3 is 2.51 bits per heavy atom. The molecule has 2 heterocycles. The van der Waals surface area contributed by atoms with Crippen molar-refractivity contribution < 1.29 is 19.1 Å². The summed E-state index contributed by atoms with van der Waals surface area (Å²) < 4.78 is 10.6. The van der Waals surface area contributed by atoms with E-state index in [2.05, 4.69) is 17.2 Å². The molecule has 0 aliphatic carbocycles. The number of anilines is 1. The number of para-hydroxylation sites is 1. The Labute approximate surface area is 208 Å². The third-order valence-corrected chi connectivity index (χ3v) is 6.35. The van der Waals surface area contributed by atoms with Crippen LogP contribution in [0.2, 0.25) is 0 Å². The Morgan fingerprint density at radius 2 is 1.80 bits per heavy atom. The zero-order valence-corrected chi connectivity index (χ0v) is 20.8. The first-order valence-electron chi connectivity index (χ1n) is 11.5. The first kappa shape index (κ1) is 24.3. The fraction of sp³-hybridized carbons (Fsp3) is 0.259. The van der Waals surface area contributed by atoms with Gasteiger partial charge in [0, 0.05) is 22.0 Å². The number of rotatable bonds is 9. The van der Waals surface area contributed by atoms with Crippen LogP contribution in [0.15, 0.2) is 53.9 Å². The zero-order valence-electron chi connectivity index (χ0n) is 20.0. The maximum absolute atomic E-state index is 13.1. The second kappa shape index (κ2) is 11.1. The molecule has 0 unspecified atom stereocenters. The van der Waals surface area contributed by atoms with Crippen LogP contribution in [0.25, 0.3) is 22.2 Å². The summed E-state index contributed by atoms with van der Waals surface area (Å²) in [7, 11) is 1.61. The molecule has 7 nitrogen and oxygen atoms in total. The number of esters is 1. The zero-order chi connectivity index (χ0) is 24.8. The normalized spacial score (nSPS) is 10.8. The SMILES string of the molecule is CCCc1nc2ccccc2c(C(=O)OCC(=O)Nc2nc(-c3ccc(OC)cc3)cs2)c1CC. The molecule has 4 aromatic rings. The summed E-state index contributed by atoms with van der Waals surface area (Å²) in [5.74, 6) is -0.209. The summed E-state index contributed by atoms with van der Waals surface area (Å²) in [6, 6.07) is 15.0. The molecule has 0 aliphatic rings. The summed E-state index contributed by atoms with van der Waals surface area (Å²) in [6.07, 6.45) is 2.34. The Hall–Kier alpha value is -3.78. The van der Waals surface area contributed by atoms with Gasteiger partial charge in [-0.1, -0.05) is 38.5 Å². The van der Waals surface area contributed by atoms with Crippen LogP contribution in [0.4, 0.5) is 5.13 Å². The van der Waals surface area contributed by atoms with Gasteiger partial charge in [0.05, 0.1) is 23.9 Å². The first-order valence-corrected chi connectivity index (χ1v) is 12.4. The minimum atomic E-state index is -0.522. The highest BCUT2D eigenvalue weighted by atomic mass is 32.1. The number of amides is 1. The van der Waals surface area contributed by atoms with Crippen molar-refractivity contribution in [3.8, 4) is 17.0 Å². The number of thiazole rings is 1. The molecule has 180 valence electrons. The molecule has 4 rings (SSSR count). The van der Waals surface area contributed by atoms with E-state index in [9.17, 15) is 9.59 Å². The van der Waals surface area contributed by atoms with Crippen molar-refractivity contribution in [2.45, 2.75) is 33.1 Å². The number of nitrogens with one attached hydrogen (secondary N) is 1. The fourth-order valence-corrected chi connectivity index (χ4v) is 4.68. The van der Waals surface area contributed by atoms with E-state index in [1.165, 1.54) is 11.3 Å². The van der Waals surface area contributed by atoms with E-state index in [1.807, 2.05) is 60.8 Å². The van der Waals surface area contributed by atoms with Gasteiger partial charge in [-0.3, -0.25) is 15.1 Å². The van der Waals surface area contributed by atoms with E-state index >= 15 is 0 Å². The number of hydrogen-bond donors (Lipinski definition) is 1. The number of fused-ring (bicyclic) bond motifs is 1. The lowest BCUT2D eigenvalue weighted by atomic mass is 9.96. The van der Waals surface area contributed by atoms with Crippen LogP contribution in [-0.2, 0) is 22.4 Å². The number of carbonyl (C=O) groups is 2. The number of aryl methyl sites for hydroxylation is 1. The predicted molar refractivity (Wildman–Crippen MR) is 138 cm³/mol. The van der Waals surface area contributed by atoms with Gasteiger partial charge in [-0.2, -0.15) is 0 Å². The largest absolute Gasteiger partial charge is 0.497 e. The monoisotopic (exact) mass is 489 g/mol. The molecule has 1 N–H and O–H groups in total. The third kappa shape index (κ3) is 5.49. The molecule has 0 aliphatic heterocycles. The summed E-state index contributed by atoms with van der Waals surface area (Å²) in [5, 5.41) is 5.74. The third-order valence-electron chi connectivity index (χ3n) is 5.59. The van der Waals surface area contributed by atoms with Crippen molar-refractivity contribution >= 4 is 39.2 Å². The van der Waals surface area contributed by atoms with E-state index in [1.54, 1.807) is 7.11 Å². The lowest BCUT2D eigenvalue weighted by Gasteiger charge is -2.15. The number of carbonyl (C=O) groups excluding carboxylic acids is 2. The van der Waals surface area contributed by atoms with Gasteiger partial charge < -0.3 is 9.47 Å². The second-order valence-electron chi connectivity index (χ2n) is 7.92. The van der Waals surface area contributed by atoms with Crippen LogP contribution in [0, 0.1) is 0 Å². The van der Waals surface area contributed by atoms with Gasteiger partial charge in [0.15, 0.2) is 11.7 Å². The summed E-state index contributed by atoms with van der Waals surface area (Å²) in [6.45, 7) is 3.67. The topological polar surface area (TPSA) is 90.4 Å². The van der Waals surface area contributed by atoms with Crippen LogP contribution in [-0.4, -0.2) is 35.6 Å². The predicted octanol–water partition coefficient (Wildman–Crippen LogP) is 5.68. The van der Waals surface area contributed by atoms with Gasteiger partial charge in [-0.05, 0) is 48.7 Å². The molecule has 0 atom stereocenters. The first-order chi connectivity index (χ1) is 17.0. The molecule has 35 heavy (non-hydrogen) atoms. The van der Waals surface area contributed by atoms with Crippen LogP contribution < -0.4 is 10.1 Å². The molecule has 2 aromatic heterocycles. The van der Waals surface area contributed by atoms with E-state index in [4.69, 9.17) is 14.5 Å². The second-order valence-corrected chi connectivity index (χ2v) is 8.78. The van der Waals surface area contributed by atoms with E-state index in [-0.39, 0.29) is 0 Å². The van der Waals surface area contributed by atoms with Gasteiger partial charge in [0.2, 0.25) is 0 Å². The lowest BCUT2D eigenvalue weighted by molar-refractivity contribution is -0.119. The fourth-order valence-electron chi connectivity index (χ4n) is 3.94. The lowest BCUT2D eigenvalue weighted by Crippen LogP contribution is -2.22. The summed E-state index contributed by atoms with van der Waals surface area (Å²) in [4.78, 5) is 34.9. The van der Waals surface area contributed by atoms with Gasteiger partial charge >= 0.3 is 5.97 Å². The highest BCUT2D eigenvalue weighted by Gasteiger charge is 2.21. The van der Waals surface area contributed by atoms with Crippen LogP contribution in [0.3, 0.4) is 0 Å². The average molecular weight is 490 g/mol. The number of benzene rings is 2. The molecule has 0 spiro atoms. The number of aromatic nitrogens is 2. The smallest absolute Gasteiger partial charge is 0.339 e. The summed E-state index contributed by atoms with van der Waals surface area (Å²) >= 11 is 1.31. The highest BCUT2D eigenvalue weighted by Crippen LogP contribution is 2.27. The molecule has 2 aromatic carbocycles. The van der Waals surface area contributed by atoms with Crippen molar-refractivity contribution in [3.63, 3.8) is 0 Å². The Morgan fingerprint density at radius 1 is 1.03 bits per heavy atom. The molecule has 1 amide bonds. The van der Waals surface area contributed by atoms with Crippen molar-refractivity contribution in [2.75, 3.05) is 19.0 Å². The number of nitrogens with zero attached hydrogens (tertiary/aromatic N) is 2. The molecular weight excluding hydrogens is 462 g/mol. The van der Waals surface area contributed by atoms with Gasteiger partial charge in [0.25, 0.3) is 5.91 Å². The van der Waals surface area contributed by atoms with Gasteiger partial charge in [-0.25, -0.2) is 9.78 Å². The van der Waals surface area contributed by atoms with Crippen LogP contribution in [0.1, 0.15) is 41.9 Å². The number of hydrogen-bond acceptors (Lipinski definition) is 7. The van der Waals surface area contributed by atoms with E-state index < -0.39 is 18.5 Å². The average Bonchev–Trinajstić information content (AvgIpc) is 3.35. The summed E-state index contributed by atoms with van der Waals surface area (Å²) in [5.41, 5.74) is 4.67. The van der Waals surface area contributed by atoms with Crippen LogP contribution >= 0.6 is 11.3 Å². The highest BCUT2D eigenvalue weighted by molar-refractivity contribution is 7.14. The van der Waals surface area contributed by atoms with Gasteiger partial charge in [-0.15, -0.1) is 11.3 Å². The Balaban J connectivity index is 1.46. The van der Waals surface area contributed by atoms with Crippen LogP contribution in [0.5, 0.6) is 5.75 Å². The van der Waals surface area contributed by atoms with Crippen molar-refractivity contribution in [2.24, 2.45) is 0 Å². The van der Waals surface area contributed by atoms with Crippen molar-refractivity contribution in [3.05, 3.63) is 70.7 Å². The van der Waals surface area contributed by atoms with Crippen molar-refractivity contribution in [1.82, 2.24) is 9.97 Å². The number of ether oxygens (including phenoxy) is 2. The maximum atomic E-state index is 13.1. The van der Waals surface area contributed by atoms with E-state index in [0.717, 1.165) is 52.0 Å². The minimum absolute atomic E-state index is 0.404. The number of pyridine rings is 1. The molecule has 8 heteroatoms. The molecule has 0 bridgehead atoms. The molecule has 0 radical (unpaired) electrons. The van der Waals surface area contributed by atoms with E-state index in [0.29, 0.717) is 17.1 Å². The minimum Gasteiger partial charge on any atom is -0.497 e.